The van der Waals surface area contributed by atoms with Crippen LogP contribution < -0.4 is 10.6 Å². The predicted octanol–water partition coefficient (Wildman–Crippen LogP) is 3.56. The molecule has 0 bridgehead atoms. The van der Waals surface area contributed by atoms with Crippen LogP contribution in [0.1, 0.15) is 39.2 Å². The number of nitrogens with one attached hydrogen (secondary N) is 2. The Hall–Kier alpha value is -1.26. The summed E-state index contributed by atoms with van der Waals surface area (Å²) in [7, 11) is 2.18. The zero-order valence-electron chi connectivity index (χ0n) is 15.6. The van der Waals surface area contributed by atoms with Gasteiger partial charge in [-0.15, -0.1) is 0 Å². The Labute approximate surface area is 152 Å². The number of unbranched alkanes of at least 4 members (excludes halogenated alkanes) is 1. The minimum Gasteiger partial charge on any atom is -0.357 e. The number of rotatable bonds is 10. The van der Waals surface area contributed by atoms with Gasteiger partial charge in [0, 0.05) is 30.7 Å². The standard InChI is InChI=1S/C19H33ClN4/c1-5-21-19(22-13-6-7-15-24(4)16(2)3)23-14-12-17-8-10-18(20)11-9-17/h8-11,16H,5-7,12-15H2,1-4H3,(H2,21,22,23). The van der Waals surface area contributed by atoms with Crippen LogP contribution in [-0.2, 0) is 6.42 Å². The molecule has 24 heavy (non-hydrogen) atoms. The first-order chi connectivity index (χ1) is 11.5. The van der Waals surface area contributed by atoms with E-state index in [9.17, 15) is 0 Å². The van der Waals surface area contributed by atoms with Crippen molar-refractivity contribution in [3.05, 3.63) is 34.9 Å². The first-order valence-corrected chi connectivity index (χ1v) is 9.37. The lowest BCUT2D eigenvalue weighted by molar-refractivity contribution is 0.269. The van der Waals surface area contributed by atoms with Crippen LogP contribution in [0, 0.1) is 0 Å². The molecule has 0 radical (unpaired) electrons. The van der Waals surface area contributed by atoms with Gasteiger partial charge in [-0.05, 0) is 71.3 Å². The number of benzene rings is 1. The van der Waals surface area contributed by atoms with Crippen LogP contribution in [0.4, 0.5) is 0 Å². The molecule has 5 heteroatoms. The van der Waals surface area contributed by atoms with E-state index in [2.05, 4.69) is 60.5 Å². The molecule has 0 saturated carbocycles. The summed E-state index contributed by atoms with van der Waals surface area (Å²) in [4.78, 5) is 7.03. The SMILES string of the molecule is CCNC(=NCCCCN(C)C(C)C)NCCc1ccc(Cl)cc1. The second-order valence-corrected chi connectivity index (χ2v) is 6.78. The molecule has 136 valence electrons. The summed E-state index contributed by atoms with van der Waals surface area (Å²) >= 11 is 5.91. The van der Waals surface area contributed by atoms with Crippen molar-refractivity contribution in [2.24, 2.45) is 4.99 Å². The third-order valence-electron chi connectivity index (χ3n) is 4.03. The number of hydrogen-bond donors (Lipinski definition) is 2. The van der Waals surface area contributed by atoms with Crippen LogP contribution in [-0.4, -0.2) is 50.1 Å². The van der Waals surface area contributed by atoms with Crippen LogP contribution in [0.5, 0.6) is 0 Å². The number of halogens is 1. The molecule has 1 aromatic carbocycles. The van der Waals surface area contributed by atoms with Gasteiger partial charge in [0.05, 0.1) is 0 Å². The van der Waals surface area contributed by atoms with Gasteiger partial charge in [0.1, 0.15) is 0 Å². The molecule has 0 fully saturated rings. The molecule has 0 spiro atoms. The first kappa shape index (κ1) is 20.8. The minimum atomic E-state index is 0.611. The fourth-order valence-corrected chi connectivity index (χ4v) is 2.37. The van der Waals surface area contributed by atoms with Gasteiger partial charge in [-0.1, -0.05) is 23.7 Å². The summed E-state index contributed by atoms with van der Waals surface area (Å²) in [5, 5.41) is 7.48. The summed E-state index contributed by atoms with van der Waals surface area (Å²) < 4.78 is 0. The summed E-state index contributed by atoms with van der Waals surface area (Å²) in [6, 6.07) is 8.62. The van der Waals surface area contributed by atoms with Crippen molar-refractivity contribution in [3.63, 3.8) is 0 Å². The van der Waals surface area contributed by atoms with E-state index in [0.29, 0.717) is 6.04 Å². The Bertz CT molecular complexity index is 471. The van der Waals surface area contributed by atoms with Gasteiger partial charge in [0.15, 0.2) is 5.96 Å². The lowest BCUT2D eigenvalue weighted by atomic mass is 10.1. The van der Waals surface area contributed by atoms with Crippen LogP contribution in [0.15, 0.2) is 29.3 Å². The predicted molar refractivity (Wildman–Crippen MR) is 106 cm³/mol. The Morgan fingerprint density at radius 3 is 2.50 bits per heavy atom. The molecule has 0 amide bonds. The third-order valence-corrected chi connectivity index (χ3v) is 4.29. The first-order valence-electron chi connectivity index (χ1n) is 8.99. The smallest absolute Gasteiger partial charge is 0.191 e. The second kappa shape index (κ2) is 12.2. The van der Waals surface area contributed by atoms with Gasteiger partial charge in [0.25, 0.3) is 0 Å². The Morgan fingerprint density at radius 2 is 1.88 bits per heavy atom. The number of hydrogen-bond acceptors (Lipinski definition) is 2. The quantitative estimate of drug-likeness (QED) is 0.384. The van der Waals surface area contributed by atoms with Crippen LogP contribution in [0.3, 0.4) is 0 Å². The maximum absolute atomic E-state index is 5.91. The zero-order valence-corrected chi connectivity index (χ0v) is 16.4. The van der Waals surface area contributed by atoms with E-state index in [-0.39, 0.29) is 0 Å². The maximum atomic E-state index is 5.91. The lowest BCUT2D eigenvalue weighted by Gasteiger charge is -2.20. The monoisotopic (exact) mass is 352 g/mol. The van der Waals surface area contributed by atoms with Crippen molar-refractivity contribution in [1.82, 2.24) is 15.5 Å². The molecule has 0 heterocycles. The van der Waals surface area contributed by atoms with Crippen molar-refractivity contribution in [2.75, 3.05) is 33.2 Å². The molecule has 4 nitrogen and oxygen atoms in total. The molecule has 2 N–H and O–H groups in total. The average Bonchev–Trinajstić information content (AvgIpc) is 2.56. The minimum absolute atomic E-state index is 0.611. The van der Waals surface area contributed by atoms with E-state index in [4.69, 9.17) is 11.6 Å². The Morgan fingerprint density at radius 1 is 1.17 bits per heavy atom. The molecule has 0 aliphatic heterocycles. The van der Waals surface area contributed by atoms with Crippen molar-refractivity contribution in [1.29, 1.82) is 0 Å². The molecule has 0 unspecified atom stereocenters. The van der Waals surface area contributed by atoms with Crippen molar-refractivity contribution < 1.29 is 0 Å². The van der Waals surface area contributed by atoms with Gasteiger partial charge in [0.2, 0.25) is 0 Å². The van der Waals surface area contributed by atoms with Crippen molar-refractivity contribution >= 4 is 17.6 Å². The van der Waals surface area contributed by atoms with Crippen LogP contribution in [0.2, 0.25) is 5.02 Å². The summed E-state index contributed by atoms with van der Waals surface area (Å²) in [6.07, 6.45) is 3.26. The molecule has 1 rings (SSSR count). The molecular weight excluding hydrogens is 320 g/mol. The normalized spacial score (nSPS) is 12.0. The summed E-state index contributed by atoms with van der Waals surface area (Å²) in [6.45, 7) is 10.3. The van der Waals surface area contributed by atoms with E-state index in [0.717, 1.165) is 50.0 Å². The molecule has 0 saturated heterocycles. The summed E-state index contributed by atoms with van der Waals surface area (Å²) in [5.74, 6) is 0.906. The number of aliphatic imine (C=N–C) groups is 1. The number of nitrogens with zero attached hydrogens (tertiary/aromatic N) is 2. The third kappa shape index (κ3) is 9.14. The molecule has 1 aromatic rings. The largest absolute Gasteiger partial charge is 0.357 e. The lowest BCUT2D eigenvalue weighted by Crippen LogP contribution is -2.38. The summed E-state index contributed by atoms with van der Waals surface area (Å²) in [5.41, 5.74) is 1.28. The topological polar surface area (TPSA) is 39.7 Å². The van der Waals surface area contributed by atoms with Gasteiger partial charge in [-0.3, -0.25) is 4.99 Å². The highest BCUT2D eigenvalue weighted by molar-refractivity contribution is 6.30. The van der Waals surface area contributed by atoms with Gasteiger partial charge < -0.3 is 15.5 Å². The molecule has 0 atom stereocenters. The fourth-order valence-electron chi connectivity index (χ4n) is 2.24. The second-order valence-electron chi connectivity index (χ2n) is 6.35. The molecule has 0 aliphatic rings. The molecular formula is C19H33ClN4. The maximum Gasteiger partial charge on any atom is 0.191 e. The zero-order chi connectivity index (χ0) is 17.8. The highest BCUT2D eigenvalue weighted by Gasteiger charge is 2.02. The van der Waals surface area contributed by atoms with Crippen LogP contribution in [0.25, 0.3) is 0 Å². The molecule has 0 aliphatic carbocycles. The van der Waals surface area contributed by atoms with E-state index in [1.54, 1.807) is 0 Å². The fraction of sp³-hybridized carbons (Fsp3) is 0.632. The number of guanidine groups is 1. The van der Waals surface area contributed by atoms with Crippen molar-refractivity contribution in [2.45, 2.75) is 46.1 Å². The van der Waals surface area contributed by atoms with Crippen LogP contribution >= 0.6 is 11.6 Å². The Kier molecular flexibility index (Phi) is 10.5. The van der Waals surface area contributed by atoms with Gasteiger partial charge >= 0.3 is 0 Å². The Balaban J connectivity index is 2.27. The van der Waals surface area contributed by atoms with E-state index >= 15 is 0 Å². The van der Waals surface area contributed by atoms with Gasteiger partial charge in [-0.2, -0.15) is 0 Å². The van der Waals surface area contributed by atoms with Crippen molar-refractivity contribution in [3.8, 4) is 0 Å². The van der Waals surface area contributed by atoms with E-state index in [1.807, 2.05) is 12.1 Å². The van der Waals surface area contributed by atoms with Gasteiger partial charge in [-0.25, -0.2) is 0 Å². The van der Waals surface area contributed by atoms with E-state index < -0.39 is 0 Å². The highest BCUT2D eigenvalue weighted by Crippen LogP contribution is 2.09. The molecule has 0 aromatic heterocycles. The van der Waals surface area contributed by atoms with E-state index in [1.165, 1.54) is 12.0 Å². The average molecular weight is 353 g/mol. The highest BCUT2D eigenvalue weighted by atomic mass is 35.5.